The van der Waals surface area contributed by atoms with Crippen molar-refractivity contribution < 1.29 is 4.79 Å². The second kappa shape index (κ2) is 7.07. The first kappa shape index (κ1) is 13.8. The highest BCUT2D eigenvalue weighted by Gasteiger charge is 2.01. The van der Waals surface area contributed by atoms with E-state index in [0.717, 1.165) is 24.2 Å². The highest BCUT2D eigenvalue weighted by atomic mass is 32.1. The minimum atomic E-state index is -0.00378. The van der Waals surface area contributed by atoms with E-state index in [1.807, 2.05) is 31.2 Å². The Morgan fingerprint density at radius 2 is 2.21 bits per heavy atom. The lowest BCUT2D eigenvalue weighted by molar-refractivity contribution is -0.115. The zero-order valence-corrected chi connectivity index (χ0v) is 11.8. The number of hydrogen-bond acceptors (Lipinski definition) is 3. The molecule has 0 fully saturated rings. The van der Waals surface area contributed by atoms with Gasteiger partial charge in [-0.3, -0.25) is 4.79 Å². The van der Waals surface area contributed by atoms with Crippen molar-refractivity contribution in [3.05, 3.63) is 52.2 Å². The number of rotatable bonds is 6. The number of aryl methyl sites for hydroxylation is 1. The van der Waals surface area contributed by atoms with E-state index in [1.165, 1.54) is 5.56 Å². The summed E-state index contributed by atoms with van der Waals surface area (Å²) >= 11 is 1.70. The van der Waals surface area contributed by atoms with Gasteiger partial charge in [0.25, 0.3) is 0 Å². The maximum Gasteiger partial charge on any atom is 0.238 e. The number of benzene rings is 1. The molecule has 0 saturated carbocycles. The molecular formula is C15H18N2OS. The molecule has 19 heavy (non-hydrogen) atoms. The lowest BCUT2D eigenvalue weighted by Crippen LogP contribution is -2.29. The zero-order valence-electron chi connectivity index (χ0n) is 11.0. The van der Waals surface area contributed by atoms with Gasteiger partial charge in [-0.25, -0.2) is 0 Å². The number of nitrogens with one attached hydrogen (secondary N) is 2. The molecule has 1 aromatic carbocycles. The molecule has 1 aromatic heterocycles. The van der Waals surface area contributed by atoms with Crippen LogP contribution in [-0.4, -0.2) is 19.0 Å². The Balaban J connectivity index is 1.67. The summed E-state index contributed by atoms with van der Waals surface area (Å²) in [4.78, 5) is 11.7. The van der Waals surface area contributed by atoms with Crippen molar-refractivity contribution in [3.8, 4) is 0 Å². The van der Waals surface area contributed by atoms with Crippen molar-refractivity contribution in [1.29, 1.82) is 0 Å². The van der Waals surface area contributed by atoms with Crippen LogP contribution < -0.4 is 10.6 Å². The quantitative estimate of drug-likeness (QED) is 0.795. The van der Waals surface area contributed by atoms with E-state index in [-0.39, 0.29) is 5.91 Å². The van der Waals surface area contributed by atoms with Crippen molar-refractivity contribution in [3.63, 3.8) is 0 Å². The van der Waals surface area contributed by atoms with E-state index in [2.05, 4.69) is 27.5 Å². The van der Waals surface area contributed by atoms with Gasteiger partial charge >= 0.3 is 0 Å². The first-order chi connectivity index (χ1) is 9.24. The van der Waals surface area contributed by atoms with Crippen LogP contribution >= 0.6 is 11.3 Å². The van der Waals surface area contributed by atoms with Crippen molar-refractivity contribution in [2.45, 2.75) is 13.3 Å². The second-order valence-corrected chi connectivity index (χ2v) is 5.26. The van der Waals surface area contributed by atoms with E-state index in [9.17, 15) is 4.79 Å². The van der Waals surface area contributed by atoms with Crippen molar-refractivity contribution in [2.75, 3.05) is 18.4 Å². The molecule has 0 aliphatic carbocycles. The Morgan fingerprint density at radius 3 is 2.95 bits per heavy atom. The first-order valence-corrected chi connectivity index (χ1v) is 7.26. The minimum Gasteiger partial charge on any atom is -0.325 e. The standard InChI is InChI=1S/C15H18N2OS/c1-12-3-2-4-14(9-12)17-15(18)10-16-7-5-13-6-8-19-11-13/h2-4,6,8-9,11,16H,5,7,10H2,1H3,(H,17,18). The Kier molecular flexibility index (Phi) is 5.12. The van der Waals surface area contributed by atoms with Crippen molar-refractivity contribution in [2.24, 2.45) is 0 Å². The summed E-state index contributed by atoms with van der Waals surface area (Å²) in [5.41, 5.74) is 3.31. The van der Waals surface area contributed by atoms with Gasteiger partial charge < -0.3 is 10.6 Å². The van der Waals surface area contributed by atoms with Gasteiger partial charge in [-0.05, 0) is 60.0 Å². The molecule has 0 aliphatic rings. The lowest BCUT2D eigenvalue weighted by atomic mass is 10.2. The number of amides is 1. The maximum absolute atomic E-state index is 11.7. The van der Waals surface area contributed by atoms with E-state index < -0.39 is 0 Å². The van der Waals surface area contributed by atoms with Crippen LogP contribution in [0.25, 0.3) is 0 Å². The highest BCUT2D eigenvalue weighted by Crippen LogP contribution is 2.09. The Hall–Kier alpha value is -1.65. The molecule has 2 N–H and O–H groups in total. The normalized spacial score (nSPS) is 10.4. The molecule has 0 spiro atoms. The molecule has 0 saturated heterocycles. The summed E-state index contributed by atoms with van der Waals surface area (Å²) in [6.45, 7) is 3.17. The van der Waals surface area contributed by atoms with E-state index >= 15 is 0 Å². The topological polar surface area (TPSA) is 41.1 Å². The largest absolute Gasteiger partial charge is 0.325 e. The van der Waals surface area contributed by atoms with Crippen LogP contribution in [0.15, 0.2) is 41.1 Å². The zero-order chi connectivity index (χ0) is 13.5. The van der Waals surface area contributed by atoms with Crippen LogP contribution in [0.2, 0.25) is 0 Å². The second-order valence-electron chi connectivity index (χ2n) is 4.48. The van der Waals surface area contributed by atoms with Crippen LogP contribution in [0, 0.1) is 6.92 Å². The van der Waals surface area contributed by atoms with E-state index in [1.54, 1.807) is 11.3 Å². The lowest BCUT2D eigenvalue weighted by Gasteiger charge is -2.07. The van der Waals surface area contributed by atoms with E-state index in [0.29, 0.717) is 6.54 Å². The molecule has 0 bridgehead atoms. The predicted molar refractivity (Wildman–Crippen MR) is 80.7 cm³/mol. The fourth-order valence-electron chi connectivity index (χ4n) is 1.80. The molecular weight excluding hydrogens is 256 g/mol. The van der Waals surface area contributed by atoms with Gasteiger partial charge in [0.1, 0.15) is 0 Å². The highest BCUT2D eigenvalue weighted by molar-refractivity contribution is 7.07. The summed E-state index contributed by atoms with van der Waals surface area (Å²) in [7, 11) is 0. The van der Waals surface area contributed by atoms with Crippen LogP contribution in [0.4, 0.5) is 5.69 Å². The Morgan fingerprint density at radius 1 is 1.32 bits per heavy atom. The molecule has 2 rings (SSSR count). The fourth-order valence-corrected chi connectivity index (χ4v) is 2.50. The summed E-state index contributed by atoms with van der Waals surface area (Å²) in [5.74, 6) is -0.00378. The smallest absolute Gasteiger partial charge is 0.238 e. The van der Waals surface area contributed by atoms with Gasteiger partial charge in [0.15, 0.2) is 0 Å². The van der Waals surface area contributed by atoms with Gasteiger partial charge in [-0.2, -0.15) is 11.3 Å². The number of carbonyl (C=O) groups excluding carboxylic acids is 1. The number of hydrogen-bond donors (Lipinski definition) is 2. The van der Waals surface area contributed by atoms with E-state index in [4.69, 9.17) is 0 Å². The van der Waals surface area contributed by atoms with Gasteiger partial charge in [0, 0.05) is 5.69 Å². The molecule has 0 radical (unpaired) electrons. The van der Waals surface area contributed by atoms with Gasteiger partial charge in [-0.1, -0.05) is 12.1 Å². The van der Waals surface area contributed by atoms with Crippen LogP contribution in [0.1, 0.15) is 11.1 Å². The summed E-state index contributed by atoms with van der Waals surface area (Å²) in [5, 5.41) is 10.2. The third-order valence-corrected chi connectivity index (χ3v) is 3.49. The van der Waals surface area contributed by atoms with Crippen LogP contribution in [-0.2, 0) is 11.2 Å². The Labute approximate surface area is 117 Å². The summed E-state index contributed by atoms with van der Waals surface area (Å²) in [6, 6.07) is 9.92. The molecule has 2 aromatic rings. The van der Waals surface area contributed by atoms with Crippen LogP contribution in [0.5, 0.6) is 0 Å². The molecule has 100 valence electrons. The molecule has 0 unspecified atom stereocenters. The maximum atomic E-state index is 11.7. The SMILES string of the molecule is Cc1cccc(NC(=O)CNCCc2ccsc2)c1. The summed E-state index contributed by atoms with van der Waals surface area (Å²) < 4.78 is 0. The van der Waals surface area contributed by atoms with Crippen molar-refractivity contribution >= 4 is 22.9 Å². The summed E-state index contributed by atoms with van der Waals surface area (Å²) in [6.07, 6.45) is 0.960. The third-order valence-electron chi connectivity index (χ3n) is 2.76. The molecule has 0 aliphatic heterocycles. The molecule has 1 amide bonds. The van der Waals surface area contributed by atoms with Crippen LogP contribution in [0.3, 0.4) is 0 Å². The molecule has 0 atom stereocenters. The molecule has 1 heterocycles. The number of thiophene rings is 1. The molecule has 4 heteroatoms. The Bertz CT molecular complexity index is 523. The average Bonchev–Trinajstić information content (AvgIpc) is 2.88. The first-order valence-electron chi connectivity index (χ1n) is 6.32. The van der Waals surface area contributed by atoms with Crippen molar-refractivity contribution in [1.82, 2.24) is 5.32 Å². The molecule has 3 nitrogen and oxygen atoms in total. The third kappa shape index (κ3) is 4.85. The fraction of sp³-hybridized carbons (Fsp3) is 0.267. The predicted octanol–water partition coefficient (Wildman–Crippen LogP) is 2.83. The van der Waals surface area contributed by atoms with Gasteiger partial charge in [-0.15, -0.1) is 0 Å². The van der Waals surface area contributed by atoms with Gasteiger partial charge in [0.2, 0.25) is 5.91 Å². The number of anilines is 1. The number of carbonyl (C=O) groups is 1. The average molecular weight is 274 g/mol. The van der Waals surface area contributed by atoms with Gasteiger partial charge in [0.05, 0.1) is 6.54 Å². The minimum absolute atomic E-state index is 0.00378. The monoisotopic (exact) mass is 274 g/mol.